The van der Waals surface area contributed by atoms with Crippen molar-refractivity contribution < 1.29 is 33.8 Å². The van der Waals surface area contributed by atoms with Gasteiger partial charge in [-0.1, -0.05) is 91.0 Å². The summed E-state index contributed by atoms with van der Waals surface area (Å²) in [6, 6.07) is 24.4. The molecule has 268 valence electrons. The van der Waals surface area contributed by atoms with Gasteiger partial charge in [-0.3, -0.25) is 19.2 Å². The van der Waals surface area contributed by atoms with E-state index in [4.69, 9.17) is 4.74 Å². The van der Waals surface area contributed by atoms with Gasteiger partial charge in [0.05, 0.1) is 0 Å². The van der Waals surface area contributed by atoms with E-state index in [1.54, 1.807) is 36.0 Å². The Morgan fingerprint density at radius 3 is 2.13 bits per heavy atom. The maximum Gasteiger partial charge on any atom is 0.326 e. The predicted molar refractivity (Wildman–Crippen MR) is 199 cm³/mol. The van der Waals surface area contributed by atoms with Crippen LogP contribution in [-0.2, 0) is 43.2 Å². The standard InChI is InChI=1S/C40H40N4O7S/c45-36-24-51-29-17-15-26(16-18-29)21-35(40(49)50)44-37(46)32(20-25-8-2-1-3-9-25)42-38(47)33(22-28-12-6-11-27-10-4-5-14-31(27)28)43-39(48)34(41-36)23-30-13-7-19-52-30/h1-12,14-19,30,32-35H,13,20-24H2,(H,41,45)(H,42,47)(H,43,48)(H,44,46)(H,49,50)/t30?,32-,33+,34-,35-/m0/s1. The van der Waals surface area contributed by atoms with E-state index in [2.05, 4.69) is 21.3 Å². The number of aliphatic carboxylic acids is 1. The summed E-state index contributed by atoms with van der Waals surface area (Å²) >= 11 is 1.57. The van der Waals surface area contributed by atoms with Crippen LogP contribution in [-0.4, -0.2) is 70.7 Å². The molecule has 5 N–H and O–H groups in total. The van der Waals surface area contributed by atoms with Gasteiger partial charge in [0.2, 0.25) is 17.7 Å². The quantitative estimate of drug-likeness (QED) is 0.181. The fourth-order valence-electron chi connectivity index (χ4n) is 6.39. The van der Waals surface area contributed by atoms with Gasteiger partial charge in [0, 0.05) is 24.5 Å². The Hall–Kier alpha value is -5.62. The number of nitrogens with one attached hydrogen (secondary N) is 4. The van der Waals surface area contributed by atoms with Gasteiger partial charge in [-0.2, -0.15) is 0 Å². The third kappa shape index (κ3) is 9.58. The van der Waals surface area contributed by atoms with Crippen molar-refractivity contribution in [3.8, 4) is 5.75 Å². The lowest BCUT2D eigenvalue weighted by atomic mass is 9.97. The second-order valence-corrected chi connectivity index (χ2v) is 14.1. The Bertz CT molecular complexity index is 1940. The number of allylic oxidation sites excluding steroid dienone is 1. The number of hydrogen-bond acceptors (Lipinski definition) is 7. The maximum absolute atomic E-state index is 14.4. The van der Waals surface area contributed by atoms with Crippen molar-refractivity contribution in [2.24, 2.45) is 0 Å². The highest BCUT2D eigenvalue weighted by Crippen LogP contribution is 2.28. The summed E-state index contributed by atoms with van der Waals surface area (Å²) in [7, 11) is 0. The summed E-state index contributed by atoms with van der Waals surface area (Å²) in [5.74, 6) is -3.27. The van der Waals surface area contributed by atoms with Gasteiger partial charge in [-0.05, 0) is 57.8 Å². The van der Waals surface area contributed by atoms with E-state index in [9.17, 15) is 29.1 Å². The number of rotatable bonds is 7. The molecular weight excluding hydrogens is 681 g/mol. The Morgan fingerprint density at radius 2 is 1.40 bits per heavy atom. The molecule has 2 bridgehead atoms. The molecule has 5 atom stereocenters. The van der Waals surface area contributed by atoms with E-state index in [1.165, 1.54) is 0 Å². The van der Waals surface area contributed by atoms with Crippen molar-refractivity contribution in [1.82, 2.24) is 21.3 Å². The van der Waals surface area contributed by atoms with Crippen molar-refractivity contribution >= 4 is 52.1 Å². The van der Waals surface area contributed by atoms with Crippen LogP contribution < -0.4 is 26.0 Å². The molecule has 0 radical (unpaired) electrons. The molecule has 52 heavy (non-hydrogen) atoms. The van der Waals surface area contributed by atoms with Gasteiger partial charge < -0.3 is 31.1 Å². The molecule has 4 aromatic rings. The largest absolute Gasteiger partial charge is 0.484 e. The molecule has 3 aliphatic rings. The molecule has 12 heteroatoms. The van der Waals surface area contributed by atoms with Gasteiger partial charge in [0.15, 0.2) is 6.61 Å². The van der Waals surface area contributed by atoms with Crippen LogP contribution >= 0.6 is 11.8 Å². The normalized spacial score (nSPS) is 23.0. The predicted octanol–water partition coefficient (Wildman–Crippen LogP) is 3.69. The highest BCUT2D eigenvalue weighted by molar-refractivity contribution is 8.03. The monoisotopic (exact) mass is 720 g/mol. The zero-order valence-corrected chi connectivity index (χ0v) is 29.1. The molecule has 7 rings (SSSR count). The highest BCUT2D eigenvalue weighted by Gasteiger charge is 2.33. The van der Waals surface area contributed by atoms with Crippen molar-refractivity contribution in [3.05, 3.63) is 125 Å². The maximum atomic E-state index is 14.4. The Balaban J connectivity index is 1.36. The lowest BCUT2D eigenvalue weighted by molar-refractivity contribution is -0.142. The number of carboxylic acids is 1. The van der Waals surface area contributed by atoms with Gasteiger partial charge in [0.25, 0.3) is 5.91 Å². The SMILES string of the molecule is O=C1COc2ccc(cc2)C[C@@H](C(=O)O)NC(=O)[C@H](Cc2ccccc2)NC(=O)[C@@H](Cc2cccc3ccccc23)NC(=O)[C@H](CC2CC=CS2)N1. The number of hydrogen-bond donors (Lipinski definition) is 5. The second-order valence-electron chi connectivity index (χ2n) is 12.9. The van der Waals surface area contributed by atoms with Crippen LogP contribution in [0.25, 0.3) is 10.8 Å². The molecule has 0 spiro atoms. The average Bonchev–Trinajstić information content (AvgIpc) is 3.67. The minimum atomic E-state index is -1.31. The Labute approximate surface area is 305 Å². The first-order valence-corrected chi connectivity index (χ1v) is 18.1. The van der Waals surface area contributed by atoms with Crippen LogP contribution in [0.2, 0.25) is 0 Å². The van der Waals surface area contributed by atoms with Crippen molar-refractivity contribution in [2.75, 3.05) is 6.61 Å². The number of thioether (sulfide) groups is 1. The van der Waals surface area contributed by atoms with Crippen LogP contribution in [0.1, 0.15) is 29.5 Å². The number of benzene rings is 4. The highest BCUT2D eigenvalue weighted by atomic mass is 32.2. The lowest BCUT2D eigenvalue weighted by Crippen LogP contribution is -2.59. The number of carbonyl (C=O) groups excluding carboxylic acids is 4. The molecule has 4 amide bonds. The van der Waals surface area contributed by atoms with E-state index >= 15 is 0 Å². The van der Waals surface area contributed by atoms with E-state index in [-0.39, 0.29) is 31.1 Å². The molecule has 3 heterocycles. The van der Waals surface area contributed by atoms with Gasteiger partial charge in [-0.15, -0.1) is 11.8 Å². The minimum absolute atomic E-state index is 0.0384. The third-order valence-electron chi connectivity index (χ3n) is 9.12. The molecule has 0 aromatic heterocycles. The summed E-state index contributed by atoms with van der Waals surface area (Å²) in [5.41, 5.74) is 2.14. The van der Waals surface area contributed by atoms with E-state index in [0.717, 1.165) is 28.3 Å². The molecule has 1 unspecified atom stereocenters. The molecule has 4 aromatic carbocycles. The van der Waals surface area contributed by atoms with Crippen LogP contribution in [0.3, 0.4) is 0 Å². The molecule has 0 aliphatic carbocycles. The third-order valence-corrected chi connectivity index (χ3v) is 10.2. The minimum Gasteiger partial charge on any atom is -0.484 e. The van der Waals surface area contributed by atoms with Gasteiger partial charge >= 0.3 is 5.97 Å². The summed E-state index contributed by atoms with van der Waals surface area (Å²) in [4.78, 5) is 67.9. The average molecular weight is 721 g/mol. The first-order valence-electron chi connectivity index (χ1n) is 17.2. The Kier molecular flexibility index (Phi) is 11.9. The first kappa shape index (κ1) is 36.2. The van der Waals surface area contributed by atoms with Gasteiger partial charge in [-0.25, -0.2) is 4.79 Å². The summed E-state index contributed by atoms with van der Waals surface area (Å²) < 4.78 is 5.70. The molecular formula is C40H40N4O7S. The number of amides is 4. The number of ether oxygens (including phenoxy) is 1. The number of carbonyl (C=O) groups is 5. The molecule has 11 nitrogen and oxygen atoms in total. The van der Waals surface area contributed by atoms with Crippen molar-refractivity contribution in [1.29, 1.82) is 0 Å². The Morgan fingerprint density at radius 1 is 0.731 bits per heavy atom. The zero-order valence-electron chi connectivity index (χ0n) is 28.3. The lowest BCUT2D eigenvalue weighted by Gasteiger charge is -2.27. The summed E-state index contributed by atoms with van der Waals surface area (Å²) in [6.45, 7) is -0.367. The zero-order chi connectivity index (χ0) is 36.5. The van der Waals surface area contributed by atoms with E-state index in [0.29, 0.717) is 17.7 Å². The molecule has 0 saturated heterocycles. The summed E-state index contributed by atoms with van der Waals surface area (Å²) in [5, 5.41) is 25.1. The fraction of sp³-hybridized carbons (Fsp3) is 0.275. The molecule has 0 saturated carbocycles. The first-order chi connectivity index (χ1) is 25.2. The van der Waals surface area contributed by atoms with E-state index in [1.807, 2.05) is 84.3 Å². The second kappa shape index (κ2) is 17.1. The molecule has 0 fully saturated rings. The summed E-state index contributed by atoms with van der Waals surface area (Å²) in [6.07, 6.45) is 3.14. The van der Waals surface area contributed by atoms with E-state index < -0.39 is 53.8 Å². The number of carboxylic acid groups (broad SMARTS) is 1. The van der Waals surface area contributed by atoms with Crippen LogP contribution in [0, 0.1) is 0 Å². The molecule has 3 aliphatic heterocycles. The smallest absolute Gasteiger partial charge is 0.326 e. The number of fused-ring (bicyclic) bond motifs is 17. The topological polar surface area (TPSA) is 163 Å². The van der Waals surface area contributed by atoms with Crippen molar-refractivity contribution in [3.63, 3.8) is 0 Å². The van der Waals surface area contributed by atoms with Crippen LogP contribution in [0.15, 0.2) is 109 Å². The fourth-order valence-corrected chi connectivity index (χ4v) is 7.36. The van der Waals surface area contributed by atoms with Crippen LogP contribution in [0.4, 0.5) is 0 Å². The van der Waals surface area contributed by atoms with Crippen LogP contribution in [0.5, 0.6) is 5.75 Å². The van der Waals surface area contributed by atoms with Gasteiger partial charge in [0.1, 0.15) is 29.9 Å². The van der Waals surface area contributed by atoms with Crippen molar-refractivity contribution in [2.45, 2.75) is 61.5 Å².